The maximum absolute atomic E-state index is 9.94. The lowest BCUT2D eigenvalue weighted by Gasteiger charge is -2.34. The van der Waals surface area contributed by atoms with Crippen LogP contribution in [0.4, 0.5) is 11.5 Å². The lowest BCUT2D eigenvalue weighted by atomic mass is 10.0. The van der Waals surface area contributed by atoms with Crippen molar-refractivity contribution in [3.8, 4) is 0 Å². The first-order chi connectivity index (χ1) is 13.8. The van der Waals surface area contributed by atoms with Crippen LogP contribution in [0, 0.1) is 0 Å². The summed E-state index contributed by atoms with van der Waals surface area (Å²) >= 11 is 0. The normalized spacial score (nSPS) is 20.8. The number of aliphatic imine (C=N–C) groups is 1. The molecule has 2 fully saturated rings. The third kappa shape index (κ3) is 3.25. The van der Waals surface area contributed by atoms with E-state index in [0.29, 0.717) is 6.54 Å². The average Bonchev–Trinajstić information content (AvgIpc) is 3.28. The average molecular weight is 379 g/mol. The predicted octanol–water partition coefficient (Wildman–Crippen LogP) is 1.90. The summed E-state index contributed by atoms with van der Waals surface area (Å²) in [6, 6.07) is 4.26. The van der Waals surface area contributed by atoms with Gasteiger partial charge in [0.2, 0.25) is 0 Å². The number of rotatable bonds is 3. The Hall–Kier alpha value is -2.51. The van der Waals surface area contributed by atoms with E-state index in [9.17, 15) is 5.11 Å². The Labute approximate surface area is 164 Å². The smallest absolute Gasteiger partial charge is 0.131 e. The number of morpholine rings is 1. The molecule has 5 rings (SSSR count). The second-order valence-corrected chi connectivity index (χ2v) is 7.55. The Bertz CT molecular complexity index is 928. The molecule has 0 saturated carbocycles. The highest BCUT2D eigenvalue weighted by Gasteiger charge is 2.23. The summed E-state index contributed by atoms with van der Waals surface area (Å²) in [6.07, 6.45) is 7.15. The Morgan fingerprint density at radius 1 is 1.07 bits per heavy atom. The van der Waals surface area contributed by atoms with E-state index in [4.69, 9.17) is 9.72 Å². The minimum absolute atomic E-state index is 0.193. The van der Waals surface area contributed by atoms with Gasteiger partial charge in [-0.25, -0.2) is 4.98 Å². The number of piperidine rings is 1. The van der Waals surface area contributed by atoms with Gasteiger partial charge in [0.1, 0.15) is 11.3 Å². The Morgan fingerprint density at radius 3 is 2.64 bits per heavy atom. The van der Waals surface area contributed by atoms with Crippen LogP contribution in [-0.2, 0) is 4.74 Å². The van der Waals surface area contributed by atoms with Gasteiger partial charge in [0.25, 0.3) is 0 Å². The molecule has 5 heterocycles. The molecule has 0 aromatic carbocycles. The van der Waals surface area contributed by atoms with E-state index in [2.05, 4.69) is 31.9 Å². The third-order valence-corrected chi connectivity index (χ3v) is 5.78. The first-order valence-electron chi connectivity index (χ1n) is 10.0. The van der Waals surface area contributed by atoms with Gasteiger partial charge >= 0.3 is 0 Å². The molecule has 0 aliphatic carbocycles. The number of aromatic nitrogens is 2. The highest BCUT2D eigenvalue weighted by atomic mass is 16.5. The van der Waals surface area contributed by atoms with E-state index in [1.807, 2.05) is 18.5 Å². The Kier molecular flexibility index (Phi) is 4.70. The number of hydrogen-bond acceptors (Lipinski definition) is 7. The molecular weight excluding hydrogens is 354 g/mol. The quantitative estimate of drug-likeness (QED) is 0.878. The number of hydrogen-bond donors (Lipinski definition) is 1. The van der Waals surface area contributed by atoms with Gasteiger partial charge in [-0.1, -0.05) is 0 Å². The van der Waals surface area contributed by atoms with Crippen molar-refractivity contribution in [2.45, 2.75) is 18.9 Å². The fraction of sp³-hybridized carbons (Fsp3) is 0.476. The van der Waals surface area contributed by atoms with Gasteiger partial charge in [-0.2, -0.15) is 0 Å². The van der Waals surface area contributed by atoms with E-state index in [1.165, 1.54) is 5.69 Å². The zero-order chi connectivity index (χ0) is 18.9. The molecule has 0 atom stereocenters. The van der Waals surface area contributed by atoms with Crippen LogP contribution in [0.5, 0.6) is 0 Å². The van der Waals surface area contributed by atoms with Crippen LogP contribution in [0.2, 0.25) is 0 Å². The number of pyridine rings is 2. The lowest BCUT2D eigenvalue weighted by molar-refractivity contribution is 0.122. The first kappa shape index (κ1) is 17.6. The number of aliphatic hydroxyl groups is 1. The van der Waals surface area contributed by atoms with Crippen LogP contribution in [0.15, 0.2) is 29.4 Å². The lowest BCUT2D eigenvalue weighted by Crippen LogP contribution is -2.38. The van der Waals surface area contributed by atoms with Crippen LogP contribution in [0.25, 0.3) is 16.5 Å². The molecule has 28 heavy (non-hydrogen) atoms. The zero-order valence-electron chi connectivity index (χ0n) is 15.9. The van der Waals surface area contributed by atoms with Crippen LogP contribution in [-0.4, -0.2) is 73.3 Å². The number of allylic oxidation sites excluding steroid dienone is 1. The fourth-order valence-electron chi connectivity index (χ4n) is 4.18. The van der Waals surface area contributed by atoms with Crippen molar-refractivity contribution in [3.05, 3.63) is 30.1 Å². The zero-order valence-corrected chi connectivity index (χ0v) is 15.9. The van der Waals surface area contributed by atoms with Crippen LogP contribution in [0.1, 0.15) is 18.5 Å². The van der Waals surface area contributed by atoms with E-state index < -0.39 is 0 Å². The maximum Gasteiger partial charge on any atom is 0.131 e. The van der Waals surface area contributed by atoms with Crippen molar-refractivity contribution in [1.29, 1.82) is 0 Å². The summed E-state index contributed by atoms with van der Waals surface area (Å²) in [5.41, 5.74) is 4.14. The molecule has 2 saturated heterocycles. The highest BCUT2D eigenvalue weighted by molar-refractivity contribution is 6.01. The molecule has 2 aromatic rings. The van der Waals surface area contributed by atoms with E-state index in [1.54, 1.807) is 0 Å². The Balaban J connectivity index is 1.64. The van der Waals surface area contributed by atoms with Gasteiger partial charge in [0.15, 0.2) is 0 Å². The summed E-state index contributed by atoms with van der Waals surface area (Å²) < 4.78 is 5.53. The van der Waals surface area contributed by atoms with Crippen molar-refractivity contribution >= 4 is 34.2 Å². The van der Waals surface area contributed by atoms with E-state index in [0.717, 1.165) is 80.2 Å². The van der Waals surface area contributed by atoms with Gasteiger partial charge in [0.05, 0.1) is 31.6 Å². The molecule has 3 aliphatic rings. The first-order valence-corrected chi connectivity index (χ1v) is 10.0. The van der Waals surface area contributed by atoms with E-state index >= 15 is 0 Å². The van der Waals surface area contributed by atoms with Crippen molar-refractivity contribution in [2.75, 3.05) is 55.7 Å². The third-order valence-electron chi connectivity index (χ3n) is 5.78. The monoisotopic (exact) mass is 379 g/mol. The fourth-order valence-corrected chi connectivity index (χ4v) is 4.18. The minimum Gasteiger partial charge on any atom is -0.393 e. The summed E-state index contributed by atoms with van der Waals surface area (Å²) in [7, 11) is 0. The number of ether oxygens (including phenoxy) is 1. The summed E-state index contributed by atoms with van der Waals surface area (Å²) in [5.74, 6) is 0.977. The number of nitrogens with zero attached hydrogens (tertiary/aromatic N) is 5. The van der Waals surface area contributed by atoms with Crippen molar-refractivity contribution in [3.63, 3.8) is 0 Å². The second-order valence-electron chi connectivity index (χ2n) is 7.55. The number of aliphatic hydroxyl groups excluding tert-OH is 1. The molecule has 0 spiro atoms. The Morgan fingerprint density at radius 2 is 1.89 bits per heavy atom. The highest BCUT2D eigenvalue weighted by Crippen LogP contribution is 2.35. The SMILES string of the molecule is OC1CCN(c2cc(N3CCOCC3)nc3c(C4=CC=NC4)nccc23)CC1. The molecular formula is C21H25N5O2. The topological polar surface area (TPSA) is 74.1 Å². The van der Waals surface area contributed by atoms with Crippen molar-refractivity contribution in [1.82, 2.24) is 9.97 Å². The molecule has 3 aliphatic heterocycles. The summed E-state index contributed by atoms with van der Waals surface area (Å²) in [4.78, 5) is 18.7. The molecule has 7 nitrogen and oxygen atoms in total. The number of anilines is 2. The van der Waals surface area contributed by atoms with Crippen LogP contribution >= 0.6 is 0 Å². The molecule has 0 amide bonds. The van der Waals surface area contributed by atoms with Crippen molar-refractivity contribution in [2.24, 2.45) is 4.99 Å². The van der Waals surface area contributed by atoms with Gasteiger partial charge in [-0.3, -0.25) is 9.98 Å². The standard InChI is InChI=1S/C21H25N5O2/c27-16-3-7-25(8-4-16)18-13-19(26-9-11-28-12-10-26)24-21-17(18)2-6-23-20(21)15-1-5-22-14-15/h1-2,5-6,13,16,27H,3-4,7-12,14H2. The predicted molar refractivity (Wildman–Crippen MR) is 111 cm³/mol. The second kappa shape index (κ2) is 7.48. The molecule has 0 radical (unpaired) electrons. The molecule has 146 valence electrons. The molecule has 1 N–H and O–H groups in total. The van der Waals surface area contributed by atoms with Crippen molar-refractivity contribution < 1.29 is 9.84 Å². The van der Waals surface area contributed by atoms with Crippen LogP contribution in [0.3, 0.4) is 0 Å². The van der Waals surface area contributed by atoms with Gasteiger partial charge < -0.3 is 19.6 Å². The van der Waals surface area contributed by atoms with Gasteiger partial charge in [-0.05, 0) is 25.0 Å². The summed E-state index contributed by atoms with van der Waals surface area (Å²) in [6.45, 7) is 5.50. The molecule has 0 unspecified atom stereocenters. The molecule has 7 heteroatoms. The molecule has 0 bridgehead atoms. The molecule has 2 aromatic heterocycles. The van der Waals surface area contributed by atoms with E-state index in [-0.39, 0.29) is 6.10 Å². The minimum atomic E-state index is -0.193. The van der Waals surface area contributed by atoms with Gasteiger partial charge in [0, 0.05) is 61.3 Å². The maximum atomic E-state index is 9.94. The number of fused-ring (bicyclic) bond motifs is 1. The van der Waals surface area contributed by atoms with Gasteiger partial charge in [-0.15, -0.1) is 0 Å². The largest absolute Gasteiger partial charge is 0.393 e. The summed E-state index contributed by atoms with van der Waals surface area (Å²) in [5, 5.41) is 11.1. The van der Waals surface area contributed by atoms with Crippen LogP contribution < -0.4 is 9.80 Å².